The van der Waals surface area contributed by atoms with Crippen LogP contribution in [0.15, 0.2) is 70.9 Å². The van der Waals surface area contributed by atoms with Gasteiger partial charge in [-0.15, -0.1) is 11.3 Å². The van der Waals surface area contributed by atoms with Crippen molar-refractivity contribution in [2.75, 3.05) is 47.4 Å². The highest BCUT2D eigenvalue weighted by atomic mass is 32.2. The van der Waals surface area contributed by atoms with Gasteiger partial charge in [-0.3, -0.25) is 9.52 Å². The molecule has 0 saturated carbocycles. The van der Waals surface area contributed by atoms with Gasteiger partial charge in [0.1, 0.15) is 21.5 Å². The van der Waals surface area contributed by atoms with Gasteiger partial charge < -0.3 is 14.5 Å². The van der Waals surface area contributed by atoms with E-state index >= 15 is 0 Å². The van der Waals surface area contributed by atoms with E-state index in [1.807, 2.05) is 36.4 Å². The summed E-state index contributed by atoms with van der Waals surface area (Å²) in [6, 6.07) is 19.0. The summed E-state index contributed by atoms with van der Waals surface area (Å²) in [7, 11) is -4.03. The molecule has 0 aliphatic carbocycles. The van der Waals surface area contributed by atoms with Gasteiger partial charge in [0, 0.05) is 36.7 Å². The zero-order valence-corrected chi connectivity index (χ0v) is 24.1. The average molecular weight is 593 g/mol. The number of carbonyl (C=O) groups is 1. The Morgan fingerprint density at radius 2 is 1.85 bits per heavy atom. The minimum atomic E-state index is -4.03. The Morgan fingerprint density at radius 1 is 1.02 bits per heavy atom. The Hall–Kier alpha value is -3.80. The lowest BCUT2D eigenvalue weighted by atomic mass is 10.1. The molecule has 1 amide bonds. The number of hydrogen-bond donors (Lipinski definition) is 1. The standard InChI is InChI=1S/C30H29FN4O4S2/c1-20-7-4-9-23(31)28(20)33-41(37,38)27-19-21-13-15-35(25-11-3-2-8-22(25)29(21)40-27)30(36)24-10-5-12-26(32-24)34-14-6-17-39-18-16-34/h2-5,7-12,19,33H,6,13-18H2,1H3. The van der Waals surface area contributed by atoms with Crippen molar-refractivity contribution in [1.82, 2.24) is 4.98 Å². The first-order valence-electron chi connectivity index (χ1n) is 13.4. The fourth-order valence-corrected chi connectivity index (χ4v) is 7.91. The first-order chi connectivity index (χ1) is 19.8. The van der Waals surface area contributed by atoms with Gasteiger partial charge in [0.05, 0.1) is 18.0 Å². The maximum Gasteiger partial charge on any atom is 0.276 e. The molecule has 0 bridgehead atoms. The van der Waals surface area contributed by atoms with Crippen LogP contribution in [0.3, 0.4) is 0 Å². The average Bonchev–Trinajstić information content (AvgIpc) is 3.13. The summed E-state index contributed by atoms with van der Waals surface area (Å²) in [5, 5.41) is 0. The molecule has 1 N–H and O–H groups in total. The number of nitrogens with zero attached hydrogens (tertiary/aromatic N) is 3. The van der Waals surface area contributed by atoms with Gasteiger partial charge in [0.15, 0.2) is 0 Å². The normalized spacial score (nSPS) is 15.5. The highest BCUT2D eigenvalue weighted by molar-refractivity contribution is 7.94. The van der Waals surface area contributed by atoms with Gasteiger partial charge in [0.25, 0.3) is 15.9 Å². The molecule has 0 atom stereocenters. The van der Waals surface area contributed by atoms with Gasteiger partial charge in [0.2, 0.25) is 0 Å². The van der Waals surface area contributed by atoms with Crippen molar-refractivity contribution in [2.24, 2.45) is 0 Å². The lowest BCUT2D eigenvalue weighted by Crippen LogP contribution is -2.34. The van der Waals surface area contributed by atoms with Crippen molar-refractivity contribution in [1.29, 1.82) is 0 Å². The number of fused-ring (bicyclic) bond motifs is 3. The molecule has 4 heterocycles. The maximum absolute atomic E-state index is 14.4. The Kier molecular flexibility index (Phi) is 7.50. The molecule has 0 unspecified atom stereocenters. The number of amides is 1. The number of para-hydroxylation sites is 2. The van der Waals surface area contributed by atoms with Crippen LogP contribution in [0.1, 0.15) is 28.0 Å². The molecule has 41 heavy (non-hydrogen) atoms. The summed E-state index contributed by atoms with van der Waals surface area (Å²) >= 11 is 1.12. The van der Waals surface area contributed by atoms with Gasteiger partial charge in [-0.2, -0.15) is 0 Å². The minimum absolute atomic E-state index is 0.0595. The van der Waals surface area contributed by atoms with Crippen LogP contribution in [0.5, 0.6) is 0 Å². The van der Waals surface area contributed by atoms with E-state index in [1.165, 1.54) is 12.1 Å². The number of sulfonamides is 1. The molecule has 8 nitrogen and oxygen atoms in total. The van der Waals surface area contributed by atoms with E-state index in [0.29, 0.717) is 49.7 Å². The number of aryl methyl sites for hydroxylation is 1. The van der Waals surface area contributed by atoms with E-state index in [-0.39, 0.29) is 15.8 Å². The summed E-state index contributed by atoms with van der Waals surface area (Å²) in [5.74, 6) is -0.103. The van der Waals surface area contributed by atoms with Gasteiger partial charge in [-0.05, 0) is 61.2 Å². The van der Waals surface area contributed by atoms with E-state index in [4.69, 9.17) is 9.72 Å². The van der Waals surface area contributed by atoms with Crippen LogP contribution in [0.25, 0.3) is 10.4 Å². The number of ether oxygens (including phenoxy) is 1. The van der Waals surface area contributed by atoms with Crippen molar-refractivity contribution < 1.29 is 22.3 Å². The predicted molar refractivity (Wildman–Crippen MR) is 159 cm³/mol. The number of carbonyl (C=O) groups excluding carboxylic acids is 1. The lowest BCUT2D eigenvalue weighted by molar-refractivity contribution is 0.0982. The second-order valence-corrected chi connectivity index (χ2v) is 13.0. The molecule has 0 spiro atoms. The van der Waals surface area contributed by atoms with Crippen molar-refractivity contribution >= 4 is 44.5 Å². The lowest BCUT2D eigenvalue weighted by Gasteiger charge is -2.24. The summed E-state index contributed by atoms with van der Waals surface area (Å²) in [6.45, 7) is 4.87. The SMILES string of the molecule is Cc1cccc(F)c1NS(=O)(=O)c1cc2c(s1)-c1ccccc1N(C(=O)c1cccc(N3CCCOCC3)n1)CC2. The van der Waals surface area contributed by atoms with E-state index < -0.39 is 15.8 Å². The molecule has 2 aliphatic rings. The highest BCUT2D eigenvalue weighted by Gasteiger charge is 2.30. The molecule has 2 aliphatic heterocycles. The number of thiophene rings is 1. The second-order valence-electron chi connectivity index (χ2n) is 10.0. The first-order valence-corrected chi connectivity index (χ1v) is 15.7. The van der Waals surface area contributed by atoms with E-state index in [9.17, 15) is 17.6 Å². The zero-order valence-electron chi connectivity index (χ0n) is 22.5. The Labute approximate surface area is 242 Å². The van der Waals surface area contributed by atoms with Crippen LogP contribution < -0.4 is 14.5 Å². The summed E-state index contributed by atoms with van der Waals surface area (Å²) < 4.78 is 49.1. The van der Waals surface area contributed by atoms with E-state index in [1.54, 1.807) is 30.0 Å². The zero-order chi connectivity index (χ0) is 28.6. The first kappa shape index (κ1) is 27.4. The third-order valence-electron chi connectivity index (χ3n) is 7.30. The van der Waals surface area contributed by atoms with Crippen LogP contribution >= 0.6 is 11.3 Å². The van der Waals surface area contributed by atoms with Crippen LogP contribution in [-0.4, -0.2) is 52.2 Å². The number of anilines is 3. The maximum atomic E-state index is 14.4. The third kappa shape index (κ3) is 5.44. The minimum Gasteiger partial charge on any atom is -0.380 e. The molecule has 1 saturated heterocycles. The Morgan fingerprint density at radius 3 is 2.71 bits per heavy atom. The molecular formula is C30H29FN4O4S2. The van der Waals surface area contributed by atoms with Gasteiger partial charge in [-0.25, -0.2) is 17.8 Å². The van der Waals surface area contributed by atoms with Crippen LogP contribution in [-0.2, 0) is 21.2 Å². The third-order valence-corrected chi connectivity index (χ3v) is 10.3. The molecular weight excluding hydrogens is 563 g/mol. The molecule has 4 aromatic rings. The molecule has 212 valence electrons. The number of nitrogens with one attached hydrogen (secondary N) is 1. The van der Waals surface area contributed by atoms with Crippen molar-refractivity contribution in [3.63, 3.8) is 0 Å². The molecule has 2 aromatic carbocycles. The topological polar surface area (TPSA) is 91.8 Å². The largest absolute Gasteiger partial charge is 0.380 e. The number of hydrogen-bond acceptors (Lipinski definition) is 7. The van der Waals surface area contributed by atoms with Gasteiger partial charge >= 0.3 is 0 Å². The summed E-state index contributed by atoms with van der Waals surface area (Å²) in [5.41, 5.74) is 3.05. The summed E-state index contributed by atoms with van der Waals surface area (Å²) in [6.07, 6.45) is 1.35. The van der Waals surface area contributed by atoms with Crippen molar-refractivity contribution in [3.8, 4) is 10.4 Å². The molecule has 11 heteroatoms. The number of rotatable bonds is 5. The number of pyridine rings is 1. The summed E-state index contributed by atoms with van der Waals surface area (Å²) in [4.78, 5) is 23.2. The predicted octanol–water partition coefficient (Wildman–Crippen LogP) is 5.49. The smallest absolute Gasteiger partial charge is 0.276 e. The van der Waals surface area contributed by atoms with Gasteiger partial charge in [-0.1, -0.05) is 36.4 Å². The molecule has 1 fully saturated rings. The number of aromatic nitrogens is 1. The van der Waals surface area contributed by atoms with Crippen LogP contribution in [0.2, 0.25) is 0 Å². The monoisotopic (exact) mass is 592 g/mol. The van der Waals surface area contributed by atoms with Crippen molar-refractivity contribution in [2.45, 2.75) is 24.0 Å². The van der Waals surface area contributed by atoms with Crippen molar-refractivity contribution in [3.05, 3.63) is 89.4 Å². The van der Waals surface area contributed by atoms with E-state index in [2.05, 4.69) is 9.62 Å². The highest BCUT2D eigenvalue weighted by Crippen LogP contribution is 2.43. The number of halogens is 1. The van der Waals surface area contributed by atoms with Crippen LogP contribution in [0.4, 0.5) is 21.6 Å². The fourth-order valence-electron chi connectivity index (χ4n) is 5.19. The molecule has 0 radical (unpaired) electrons. The Bertz CT molecular complexity index is 1690. The Balaban J connectivity index is 1.31. The number of benzene rings is 2. The quantitative estimate of drug-likeness (QED) is 0.330. The molecule has 2 aromatic heterocycles. The van der Waals surface area contributed by atoms with Crippen LogP contribution in [0, 0.1) is 12.7 Å². The second kappa shape index (κ2) is 11.2. The molecule has 6 rings (SSSR count). The fraction of sp³-hybridized carbons (Fsp3) is 0.267. The van der Waals surface area contributed by atoms with E-state index in [0.717, 1.165) is 46.1 Å².